The highest BCUT2D eigenvalue weighted by atomic mass is 16.6. The van der Waals surface area contributed by atoms with Gasteiger partial charge in [-0.15, -0.1) is 0 Å². The Morgan fingerprint density at radius 1 is 0.400 bits per heavy atom. The third-order valence-corrected chi connectivity index (χ3v) is 10.1. The molecule has 0 aliphatic rings. The summed E-state index contributed by atoms with van der Waals surface area (Å²) in [6, 6.07) is 0. The molecule has 0 saturated heterocycles. The molecule has 5 heteroatoms. The number of carbonyl (C=O) groups is 2. The Labute approximate surface area is 370 Å². The van der Waals surface area contributed by atoms with Gasteiger partial charge in [0, 0.05) is 12.8 Å². The lowest BCUT2D eigenvalue weighted by Crippen LogP contribution is -2.28. The fraction of sp³-hybridized carbons (Fsp3) is 0.636. The van der Waals surface area contributed by atoms with E-state index in [2.05, 4.69) is 123 Å². The van der Waals surface area contributed by atoms with E-state index >= 15 is 0 Å². The highest BCUT2D eigenvalue weighted by Crippen LogP contribution is 2.14. The Morgan fingerprint density at radius 2 is 0.717 bits per heavy atom. The number of allylic oxidation sites excluding steroid dienone is 18. The Bertz CT molecular complexity index is 1210. The molecule has 0 rings (SSSR count). The van der Waals surface area contributed by atoms with Crippen molar-refractivity contribution in [2.45, 2.75) is 213 Å². The molecule has 0 bridgehead atoms. The smallest absolute Gasteiger partial charge is 0.306 e. The largest absolute Gasteiger partial charge is 0.462 e. The highest BCUT2D eigenvalue weighted by molar-refractivity contribution is 5.70. The number of ether oxygens (including phenoxy) is 2. The van der Waals surface area contributed by atoms with Crippen molar-refractivity contribution in [2.24, 2.45) is 0 Å². The zero-order valence-electron chi connectivity index (χ0n) is 38.7. The molecule has 0 fully saturated rings. The van der Waals surface area contributed by atoms with Crippen LogP contribution in [-0.4, -0.2) is 36.4 Å². The van der Waals surface area contributed by atoms with Crippen molar-refractivity contribution in [2.75, 3.05) is 13.2 Å². The van der Waals surface area contributed by atoms with Crippen LogP contribution >= 0.6 is 0 Å². The summed E-state index contributed by atoms with van der Waals surface area (Å²) in [5, 5.41) is 9.49. The summed E-state index contributed by atoms with van der Waals surface area (Å²) in [4.78, 5) is 24.0. The number of hydrogen-bond acceptors (Lipinski definition) is 5. The van der Waals surface area contributed by atoms with Gasteiger partial charge >= 0.3 is 11.9 Å². The van der Waals surface area contributed by atoms with E-state index < -0.39 is 6.10 Å². The average molecular weight is 831 g/mol. The standard InChI is InChI=1S/C55H90O5/c1-3-5-7-9-10-11-12-13-14-15-16-17-18-19-20-21-22-23-24-25-26-27-28-29-30-31-32-33-34-35-36-37-38-39-40-41-42-43-44-46-48-50-55(58)60-53(51-56)52-59-54(57)49-47-45-8-6-4-2/h5,7,10-11,13-14,16-17,19-20,22-23,25-26,28-29,31-32,53,56H,3-4,6,8-9,12,15,18,21,24,27,30,33-52H2,1-2H3/b7-5-,11-10-,14-13-,17-16-,20-19-,23-22-,26-25-,29-28-,32-31-. The topological polar surface area (TPSA) is 72.8 Å². The van der Waals surface area contributed by atoms with E-state index in [9.17, 15) is 14.7 Å². The van der Waals surface area contributed by atoms with Crippen molar-refractivity contribution in [3.8, 4) is 0 Å². The summed E-state index contributed by atoms with van der Waals surface area (Å²) in [5.74, 6) is -0.610. The monoisotopic (exact) mass is 831 g/mol. The van der Waals surface area contributed by atoms with Gasteiger partial charge < -0.3 is 14.6 Å². The van der Waals surface area contributed by atoms with E-state index in [-0.39, 0.29) is 25.2 Å². The molecule has 0 aromatic rings. The SMILES string of the molecule is CC/C=C\C/C=C\C/C=C\C/C=C\C/C=C\C/C=C\C/C=C\C/C=C\C/C=C\CCCCCCCCCCCCCCCC(=O)OC(CO)COC(=O)CCCCCCC. The zero-order valence-corrected chi connectivity index (χ0v) is 38.7. The molecule has 340 valence electrons. The number of esters is 2. The minimum Gasteiger partial charge on any atom is -0.462 e. The summed E-state index contributed by atoms with van der Waals surface area (Å²) in [7, 11) is 0. The van der Waals surface area contributed by atoms with Crippen molar-refractivity contribution in [1.29, 1.82) is 0 Å². The van der Waals surface area contributed by atoms with Crippen molar-refractivity contribution in [1.82, 2.24) is 0 Å². The van der Waals surface area contributed by atoms with Crippen LogP contribution in [0, 0.1) is 0 Å². The third-order valence-electron chi connectivity index (χ3n) is 10.1. The van der Waals surface area contributed by atoms with E-state index in [1.165, 1.54) is 83.5 Å². The van der Waals surface area contributed by atoms with Gasteiger partial charge in [0.25, 0.3) is 0 Å². The molecule has 5 nitrogen and oxygen atoms in total. The number of aliphatic hydroxyl groups is 1. The van der Waals surface area contributed by atoms with Crippen LogP contribution in [0.3, 0.4) is 0 Å². The van der Waals surface area contributed by atoms with E-state index in [0.29, 0.717) is 12.8 Å². The second-order valence-electron chi connectivity index (χ2n) is 15.8. The van der Waals surface area contributed by atoms with Gasteiger partial charge in [0.05, 0.1) is 6.61 Å². The van der Waals surface area contributed by atoms with E-state index in [4.69, 9.17) is 9.47 Å². The van der Waals surface area contributed by atoms with Crippen LogP contribution in [0.25, 0.3) is 0 Å². The lowest BCUT2D eigenvalue weighted by molar-refractivity contribution is -0.161. The first-order valence-electron chi connectivity index (χ1n) is 24.4. The predicted octanol–water partition coefficient (Wildman–Crippen LogP) is 16.2. The van der Waals surface area contributed by atoms with Crippen LogP contribution in [0.15, 0.2) is 109 Å². The maximum Gasteiger partial charge on any atom is 0.306 e. The number of rotatable bonds is 43. The number of hydrogen-bond donors (Lipinski definition) is 1. The van der Waals surface area contributed by atoms with Crippen molar-refractivity contribution in [3.63, 3.8) is 0 Å². The van der Waals surface area contributed by atoms with Gasteiger partial charge in [-0.2, -0.15) is 0 Å². The average Bonchev–Trinajstić information content (AvgIpc) is 3.25. The van der Waals surface area contributed by atoms with Gasteiger partial charge in [-0.05, 0) is 83.5 Å². The van der Waals surface area contributed by atoms with Gasteiger partial charge in [0.1, 0.15) is 6.61 Å². The second-order valence-corrected chi connectivity index (χ2v) is 15.8. The normalized spacial score (nSPS) is 13.2. The molecule has 1 atom stereocenters. The molecular formula is C55H90O5. The van der Waals surface area contributed by atoms with Gasteiger partial charge in [0.15, 0.2) is 6.10 Å². The lowest BCUT2D eigenvalue weighted by Gasteiger charge is -2.15. The van der Waals surface area contributed by atoms with Crippen molar-refractivity contribution >= 4 is 11.9 Å². The Hall–Kier alpha value is -3.44. The highest BCUT2D eigenvalue weighted by Gasteiger charge is 2.16. The summed E-state index contributed by atoms with van der Waals surface area (Å²) < 4.78 is 10.5. The van der Waals surface area contributed by atoms with Crippen LogP contribution in [0.1, 0.15) is 206 Å². The van der Waals surface area contributed by atoms with Crippen molar-refractivity contribution < 1.29 is 24.2 Å². The van der Waals surface area contributed by atoms with Crippen LogP contribution in [-0.2, 0) is 19.1 Å². The number of carbonyl (C=O) groups excluding carboxylic acids is 2. The number of aliphatic hydroxyl groups excluding tert-OH is 1. The first-order valence-corrected chi connectivity index (χ1v) is 24.4. The fourth-order valence-corrected chi connectivity index (χ4v) is 6.43. The summed E-state index contributed by atoms with van der Waals surface area (Å²) in [6.45, 7) is 3.92. The molecule has 1 unspecified atom stereocenters. The molecule has 0 amide bonds. The zero-order chi connectivity index (χ0) is 43.5. The summed E-state index contributed by atoms with van der Waals surface area (Å²) >= 11 is 0. The molecule has 1 N–H and O–H groups in total. The van der Waals surface area contributed by atoms with Gasteiger partial charge in [-0.1, -0.05) is 220 Å². The lowest BCUT2D eigenvalue weighted by atomic mass is 10.0. The Balaban J connectivity index is 3.52. The number of unbranched alkanes of at least 4 members (excludes halogenated alkanes) is 17. The molecule has 0 radical (unpaired) electrons. The Kier molecular flexibility index (Phi) is 47.1. The maximum absolute atomic E-state index is 12.1. The summed E-state index contributed by atoms with van der Waals surface area (Å²) in [6.07, 6.45) is 72.3. The minimum absolute atomic E-state index is 0.0700. The van der Waals surface area contributed by atoms with Gasteiger partial charge in [-0.25, -0.2) is 0 Å². The second kappa shape index (κ2) is 49.9. The van der Waals surface area contributed by atoms with Gasteiger partial charge in [-0.3, -0.25) is 9.59 Å². The van der Waals surface area contributed by atoms with E-state index in [0.717, 1.165) is 96.3 Å². The fourth-order valence-electron chi connectivity index (χ4n) is 6.43. The first kappa shape index (κ1) is 56.6. The molecule has 0 aliphatic carbocycles. The third kappa shape index (κ3) is 47.2. The molecule has 0 saturated carbocycles. The molecule has 0 aromatic carbocycles. The van der Waals surface area contributed by atoms with E-state index in [1.54, 1.807) is 0 Å². The quantitative estimate of drug-likeness (QED) is 0.0376. The molecule has 0 spiro atoms. The van der Waals surface area contributed by atoms with Crippen LogP contribution in [0.4, 0.5) is 0 Å². The Morgan fingerprint density at radius 3 is 1.08 bits per heavy atom. The molecule has 60 heavy (non-hydrogen) atoms. The van der Waals surface area contributed by atoms with Crippen LogP contribution in [0.5, 0.6) is 0 Å². The predicted molar refractivity (Wildman–Crippen MR) is 260 cm³/mol. The minimum atomic E-state index is -0.771. The summed E-state index contributed by atoms with van der Waals surface area (Å²) in [5.41, 5.74) is 0. The molecule has 0 aromatic heterocycles. The molecule has 0 heterocycles. The molecule has 0 aliphatic heterocycles. The molecular weight excluding hydrogens is 741 g/mol. The van der Waals surface area contributed by atoms with Gasteiger partial charge in [0.2, 0.25) is 0 Å². The van der Waals surface area contributed by atoms with Crippen LogP contribution < -0.4 is 0 Å². The maximum atomic E-state index is 12.1. The first-order chi connectivity index (χ1) is 29.6. The van der Waals surface area contributed by atoms with Crippen LogP contribution in [0.2, 0.25) is 0 Å². The van der Waals surface area contributed by atoms with Crippen molar-refractivity contribution in [3.05, 3.63) is 109 Å². The van der Waals surface area contributed by atoms with E-state index in [1.807, 2.05) is 0 Å².